The third kappa shape index (κ3) is 8.67. The third-order valence-electron chi connectivity index (χ3n) is 7.43. The molecule has 3 heterocycles. The van der Waals surface area contributed by atoms with E-state index >= 15 is 0 Å². The lowest BCUT2D eigenvalue weighted by molar-refractivity contribution is -0.116. The summed E-state index contributed by atoms with van der Waals surface area (Å²) in [6.45, 7) is 0.656. The van der Waals surface area contributed by atoms with Crippen LogP contribution in [-0.4, -0.2) is 59.6 Å². The van der Waals surface area contributed by atoms with Crippen LogP contribution in [0.1, 0.15) is 41.2 Å². The Hall–Kier alpha value is -4.75. The second-order valence-corrected chi connectivity index (χ2v) is 10.7. The first-order valence-corrected chi connectivity index (χ1v) is 14.3. The Morgan fingerprint density at radius 3 is 2.33 bits per heavy atom. The number of carbonyl (C=O) groups excluding carboxylic acids is 2. The maximum atomic E-state index is 14.9. The molecule has 45 heavy (non-hydrogen) atoms. The Morgan fingerprint density at radius 2 is 1.73 bits per heavy atom. The van der Waals surface area contributed by atoms with Gasteiger partial charge in [-0.15, -0.1) is 0 Å². The van der Waals surface area contributed by atoms with Gasteiger partial charge in [0.25, 0.3) is 0 Å². The van der Waals surface area contributed by atoms with Crippen LogP contribution >= 0.6 is 0 Å². The molecule has 5 rings (SSSR count). The van der Waals surface area contributed by atoms with E-state index in [1.165, 1.54) is 41.6 Å². The summed E-state index contributed by atoms with van der Waals surface area (Å²) in [5.74, 6) is -1.82. The molecule has 1 saturated heterocycles. The van der Waals surface area contributed by atoms with Gasteiger partial charge in [-0.1, -0.05) is 29.4 Å². The molecule has 10 nitrogen and oxygen atoms in total. The summed E-state index contributed by atoms with van der Waals surface area (Å²) in [6, 6.07) is 13.1. The van der Waals surface area contributed by atoms with E-state index < -0.39 is 41.6 Å². The van der Waals surface area contributed by atoms with Crippen LogP contribution in [0.5, 0.6) is 0 Å². The molecule has 0 spiro atoms. The first-order chi connectivity index (χ1) is 21.7. The molecule has 236 valence electrons. The van der Waals surface area contributed by atoms with Crippen molar-refractivity contribution in [2.24, 2.45) is 0 Å². The average Bonchev–Trinajstić information content (AvgIpc) is 3.54. The Morgan fingerprint density at radius 1 is 1.04 bits per heavy atom. The summed E-state index contributed by atoms with van der Waals surface area (Å²) >= 11 is 0. The number of pyridine rings is 1. The summed E-state index contributed by atoms with van der Waals surface area (Å²) in [5, 5.41) is 9.49. The number of amides is 2. The van der Waals surface area contributed by atoms with Crippen LogP contribution in [0.3, 0.4) is 0 Å². The molecule has 0 bridgehead atoms. The highest BCUT2D eigenvalue weighted by Gasteiger charge is 2.26. The maximum Gasteiger partial charge on any atom is 0.411 e. The van der Waals surface area contributed by atoms with Gasteiger partial charge in [0.15, 0.2) is 12.0 Å². The zero-order chi connectivity index (χ0) is 31.8. The highest BCUT2D eigenvalue weighted by molar-refractivity contribution is 5.92. The van der Waals surface area contributed by atoms with E-state index in [1.54, 1.807) is 37.4 Å². The van der Waals surface area contributed by atoms with Crippen LogP contribution in [0.15, 0.2) is 77.7 Å². The van der Waals surface area contributed by atoms with Crippen molar-refractivity contribution in [1.82, 2.24) is 20.4 Å². The fourth-order valence-electron chi connectivity index (χ4n) is 5.03. The molecule has 2 N–H and O–H groups in total. The quantitative estimate of drug-likeness (QED) is 0.235. The third-order valence-corrected chi connectivity index (χ3v) is 7.43. The SMILES string of the molecule is CN(Cc1ccno1)C(=O)O[C@H]1CO[C@H](CCc2c(F)cncc2NC(=O)CC(c2ccc(F)cc2)c2ccc(F)cc2)CN1. The highest BCUT2D eigenvalue weighted by Crippen LogP contribution is 2.30. The second-order valence-electron chi connectivity index (χ2n) is 10.7. The van der Waals surface area contributed by atoms with Gasteiger partial charge in [-0.05, 0) is 48.2 Å². The normalized spacial score (nSPS) is 16.4. The first-order valence-electron chi connectivity index (χ1n) is 14.3. The highest BCUT2D eigenvalue weighted by atomic mass is 19.1. The second kappa shape index (κ2) is 14.8. The predicted octanol–water partition coefficient (Wildman–Crippen LogP) is 5.16. The van der Waals surface area contributed by atoms with Crippen molar-refractivity contribution in [2.45, 2.75) is 44.1 Å². The van der Waals surface area contributed by atoms with Gasteiger partial charge in [0, 0.05) is 37.6 Å². The minimum atomic E-state index is -0.659. The predicted molar refractivity (Wildman–Crippen MR) is 156 cm³/mol. The molecule has 0 unspecified atom stereocenters. The van der Waals surface area contributed by atoms with E-state index in [0.717, 1.165) is 6.20 Å². The van der Waals surface area contributed by atoms with Gasteiger partial charge < -0.3 is 24.2 Å². The van der Waals surface area contributed by atoms with Gasteiger partial charge in [0.05, 0.1) is 43.5 Å². The topological polar surface area (TPSA) is 119 Å². The van der Waals surface area contributed by atoms with Crippen molar-refractivity contribution in [3.63, 3.8) is 0 Å². The van der Waals surface area contributed by atoms with E-state index in [4.69, 9.17) is 14.0 Å². The summed E-state index contributed by atoms with van der Waals surface area (Å²) in [5.41, 5.74) is 1.83. The Labute approximate surface area is 257 Å². The summed E-state index contributed by atoms with van der Waals surface area (Å²) in [4.78, 5) is 30.9. The smallest absolute Gasteiger partial charge is 0.411 e. The zero-order valence-corrected chi connectivity index (χ0v) is 24.4. The van der Waals surface area contributed by atoms with Gasteiger partial charge in [0.1, 0.15) is 17.5 Å². The maximum absolute atomic E-state index is 14.9. The van der Waals surface area contributed by atoms with Crippen molar-refractivity contribution in [3.05, 3.63) is 113 Å². The van der Waals surface area contributed by atoms with Crippen molar-refractivity contribution in [3.8, 4) is 0 Å². The van der Waals surface area contributed by atoms with E-state index in [0.29, 0.717) is 29.9 Å². The van der Waals surface area contributed by atoms with Crippen molar-refractivity contribution >= 4 is 17.7 Å². The van der Waals surface area contributed by atoms with Gasteiger partial charge in [-0.3, -0.25) is 15.1 Å². The van der Waals surface area contributed by atoms with E-state index in [1.807, 2.05) is 0 Å². The van der Waals surface area contributed by atoms with Crippen molar-refractivity contribution < 1.29 is 36.8 Å². The molecular formula is C32H32F3N5O5. The van der Waals surface area contributed by atoms with E-state index in [-0.39, 0.29) is 43.3 Å². The van der Waals surface area contributed by atoms with Gasteiger partial charge in [-0.25, -0.2) is 18.0 Å². The van der Waals surface area contributed by atoms with Gasteiger partial charge in [-0.2, -0.15) is 0 Å². The molecule has 1 aliphatic rings. The van der Waals surface area contributed by atoms with Gasteiger partial charge >= 0.3 is 6.09 Å². The number of ether oxygens (including phenoxy) is 2. The fourth-order valence-corrected chi connectivity index (χ4v) is 5.03. The molecule has 2 atom stereocenters. The van der Waals surface area contributed by atoms with Gasteiger partial charge in [0.2, 0.25) is 5.91 Å². The van der Waals surface area contributed by atoms with E-state index in [2.05, 4.69) is 20.8 Å². The van der Waals surface area contributed by atoms with Crippen molar-refractivity contribution in [2.75, 3.05) is 25.5 Å². The number of aromatic nitrogens is 2. The van der Waals surface area contributed by atoms with Crippen molar-refractivity contribution in [1.29, 1.82) is 0 Å². The minimum Gasteiger partial charge on any atom is -0.428 e. The molecule has 4 aromatic rings. The molecule has 1 aliphatic heterocycles. The van der Waals surface area contributed by atoms with Crippen LogP contribution in [0, 0.1) is 17.5 Å². The summed E-state index contributed by atoms with van der Waals surface area (Å²) < 4.78 is 58.4. The largest absolute Gasteiger partial charge is 0.428 e. The number of carbonyl (C=O) groups is 2. The number of benzene rings is 2. The lowest BCUT2D eigenvalue weighted by Gasteiger charge is -2.31. The number of rotatable bonds is 11. The molecular weight excluding hydrogens is 591 g/mol. The number of halogens is 3. The number of nitrogens with one attached hydrogen (secondary N) is 2. The number of hydrogen-bond acceptors (Lipinski definition) is 8. The standard InChI is InChI=1S/C32H32F3N5O5/c1-40(18-25-12-13-38-45-25)32(42)44-31-19-43-24(15-37-31)10-11-26-28(35)16-36-17-29(26)39-30(41)14-27(20-2-6-22(33)7-3-20)21-4-8-23(34)9-5-21/h2-9,12-13,16-17,24,27,31,37H,10-11,14-15,18-19H2,1H3,(H,39,41)/t24-,31+/m1/s1. The van der Waals surface area contributed by atoms with E-state index in [9.17, 15) is 22.8 Å². The lowest BCUT2D eigenvalue weighted by Crippen LogP contribution is -2.49. The molecule has 2 amide bonds. The van der Waals surface area contributed by atoms with Crippen LogP contribution in [0.4, 0.5) is 23.7 Å². The Kier molecular flexibility index (Phi) is 10.4. The number of nitrogens with zero attached hydrogens (tertiary/aromatic N) is 3. The molecule has 1 fully saturated rings. The number of hydrogen-bond donors (Lipinski definition) is 2. The fraction of sp³-hybridized carbons (Fsp3) is 0.312. The number of anilines is 1. The Bertz CT molecular complexity index is 1520. The monoisotopic (exact) mass is 623 g/mol. The molecule has 0 aliphatic carbocycles. The molecule has 13 heteroatoms. The summed E-state index contributed by atoms with van der Waals surface area (Å²) in [6.07, 6.45) is 3.01. The molecule has 0 radical (unpaired) electrons. The van der Waals surface area contributed by atoms with Crippen LogP contribution in [-0.2, 0) is 27.2 Å². The molecule has 2 aromatic heterocycles. The van der Waals surface area contributed by atoms with Crippen LogP contribution < -0.4 is 10.6 Å². The van der Waals surface area contributed by atoms with Crippen LogP contribution in [0.25, 0.3) is 0 Å². The lowest BCUT2D eigenvalue weighted by atomic mass is 9.88. The minimum absolute atomic E-state index is 0.0590. The van der Waals surface area contributed by atoms with Crippen LogP contribution in [0.2, 0.25) is 0 Å². The Balaban J connectivity index is 1.16. The molecule has 0 saturated carbocycles. The average molecular weight is 624 g/mol. The summed E-state index contributed by atoms with van der Waals surface area (Å²) in [7, 11) is 1.57. The number of morpholine rings is 1. The zero-order valence-electron chi connectivity index (χ0n) is 24.4. The molecule has 2 aromatic carbocycles. The first kappa shape index (κ1) is 31.7.